The summed E-state index contributed by atoms with van der Waals surface area (Å²) in [6.45, 7) is 2.10. The molecule has 106 valence electrons. The maximum atomic E-state index is 9.75. The molecule has 0 heterocycles. The fourth-order valence-electron chi connectivity index (χ4n) is 2.39. The van der Waals surface area contributed by atoms with Crippen molar-refractivity contribution in [2.75, 3.05) is 20.8 Å². The van der Waals surface area contributed by atoms with Crippen molar-refractivity contribution in [2.45, 2.75) is 12.8 Å². The topological polar surface area (TPSA) is 38.7 Å². The molecule has 0 amide bonds. The van der Waals surface area contributed by atoms with Crippen LogP contribution in [0.2, 0.25) is 0 Å². The van der Waals surface area contributed by atoms with Gasteiger partial charge >= 0.3 is 0 Å². The molecule has 20 heavy (non-hydrogen) atoms. The number of aliphatic hydroxyl groups excluding tert-OH is 1. The summed E-state index contributed by atoms with van der Waals surface area (Å²) in [6.07, 6.45) is 0. The SMILES string of the molecule is COc1ccc(C(CO)c2ccc(OC)cc2C)cc1. The Hall–Kier alpha value is -2.00. The van der Waals surface area contributed by atoms with Gasteiger partial charge in [0.15, 0.2) is 0 Å². The lowest BCUT2D eigenvalue weighted by Gasteiger charge is -2.18. The Morgan fingerprint density at radius 2 is 1.55 bits per heavy atom. The van der Waals surface area contributed by atoms with Crippen LogP contribution in [-0.4, -0.2) is 25.9 Å². The van der Waals surface area contributed by atoms with Gasteiger partial charge in [-0.2, -0.15) is 0 Å². The van der Waals surface area contributed by atoms with Crippen molar-refractivity contribution < 1.29 is 14.6 Å². The lowest BCUT2D eigenvalue weighted by Crippen LogP contribution is -2.08. The van der Waals surface area contributed by atoms with Gasteiger partial charge in [0.25, 0.3) is 0 Å². The van der Waals surface area contributed by atoms with Gasteiger partial charge in [-0.05, 0) is 47.9 Å². The molecule has 0 aliphatic heterocycles. The minimum atomic E-state index is -0.0354. The van der Waals surface area contributed by atoms with Crippen LogP contribution in [-0.2, 0) is 0 Å². The maximum Gasteiger partial charge on any atom is 0.119 e. The largest absolute Gasteiger partial charge is 0.497 e. The predicted octanol–water partition coefficient (Wildman–Crippen LogP) is 3.14. The zero-order valence-corrected chi connectivity index (χ0v) is 12.1. The molecule has 1 atom stereocenters. The molecule has 0 saturated heterocycles. The van der Waals surface area contributed by atoms with Crippen molar-refractivity contribution in [3.8, 4) is 11.5 Å². The monoisotopic (exact) mass is 272 g/mol. The summed E-state index contributed by atoms with van der Waals surface area (Å²) in [6, 6.07) is 13.7. The van der Waals surface area contributed by atoms with E-state index in [4.69, 9.17) is 9.47 Å². The predicted molar refractivity (Wildman–Crippen MR) is 79.7 cm³/mol. The fraction of sp³-hybridized carbons (Fsp3) is 0.294. The third-order valence-corrected chi connectivity index (χ3v) is 3.55. The summed E-state index contributed by atoms with van der Waals surface area (Å²) in [4.78, 5) is 0. The smallest absolute Gasteiger partial charge is 0.119 e. The highest BCUT2D eigenvalue weighted by Crippen LogP contribution is 2.30. The van der Waals surface area contributed by atoms with Crippen LogP contribution in [0.15, 0.2) is 42.5 Å². The van der Waals surface area contributed by atoms with E-state index in [1.54, 1.807) is 14.2 Å². The molecular formula is C17H20O3. The van der Waals surface area contributed by atoms with Gasteiger partial charge in [-0.3, -0.25) is 0 Å². The molecule has 0 aliphatic rings. The maximum absolute atomic E-state index is 9.75. The highest BCUT2D eigenvalue weighted by molar-refractivity contribution is 5.42. The van der Waals surface area contributed by atoms with Crippen LogP contribution in [0.25, 0.3) is 0 Å². The molecule has 2 rings (SSSR count). The van der Waals surface area contributed by atoms with E-state index in [2.05, 4.69) is 0 Å². The number of benzene rings is 2. The molecule has 0 bridgehead atoms. The van der Waals surface area contributed by atoms with Crippen molar-refractivity contribution in [3.63, 3.8) is 0 Å². The van der Waals surface area contributed by atoms with Crippen LogP contribution < -0.4 is 9.47 Å². The van der Waals surface area contributed by atoms with Crippen LogP contribution >= 0.6 is 0 Å². The lowest BCUT2D eigenvalue weighted by atomic mass is 9.89. The molecule has 2 aromatic rings. The Kier molecular flexibility index (Phi) is 4.64. The average molecular weight is 272 g/mol. The number of methoxy groups -OCH3 is 2. The summed E-state index contributed by atoms with van der Waals surface area (Å²) >= 11 is 0. The Bertz CT molecular complexity index is 561. The molecule has 0 saturated carbocycles. The third kappa shape index (κ3) is 2.94. The molecule has 3 nitrogen and oxygen atoms in total. The summed E-state index contributed by atoms with van der Waals surface area (Å²) in [5.74, 6) is 1.61. The van der Waals surface area contributed by atoms with Crippen molar-refractivity contribution >= 4 is 0 Å². The number of hydrogen-bond acceptors (Lipinski definition) is 3. The van der Waals surface area contributed by atoms with Crippen LogP contribution in [0.5, 0.6) is 11.5 Å². The molecular weight excluding hydrogens is 252 g/mol. The Morgan fingerprint density at radius 3 is 2.05 bits per heavy atom. The lowest BCUT2D eigenvalue weighted by molar-refractivity contribution is 0.280. The second kappa shape index (κ2) is 6.44. The number of hydrogen-bond donors (Lipinski definition) is 1. The first kappa shape index (κ1) is 14.4. The van der Waals surface area contributed by atoms with Gasteiger partial charge in [-0.25, -0.2) is 0 Å². The molecule has 0 fully saturated rings. The second-order valence-corrected chi connectivity index (χ2v) is 4.73. The average Bonchev–Trinajstić information content (AvgIpc) is 2.50. The third-order valence-electron chi connectivity index (χ3n) is 3.55. The number of ether oxygens (including phenoxy) is 2. The van der Waals surface area contributed by atoms with Crippen molar-refractivity contribution in [1.82, 2.24) is 0 Å². The highest BCUT2D eigenvalue weighted by atomic mass is 16.5. The van der Waals surface area contributed by atoms with Crippen LogP contribution in [0, 0.1) is 6.92 Å². The van der Waals surface area contributed by atoms with E-state index in [1.165, 1.54) is 0 Å². The van der Waals surface area contributed by atoms with Crippen LogP contribution in [0.1, 0.15) is 22.6 Å². The van der Waals surface area contributed by atoms with E-state index < -0.39 is 0 Å². The van der Waals surface area contributed by atoms with Gasteiger partial charge < -0.3 is 14.6 Å². The summed E-state index contributed by atoms with van der Waals surface area (Å²) in [5.41, 5.74) is 3.29. The van der Waals surface area contributed by atoms with Gasteiger partial charge in [-0.15, -0.1) is 0 Å². The first-order valence-electron chi connectivity index (χ1n) is 6.59. The quantitative estimate of drug-likeness (QED) is 0.908. The van der Waals surface area contributed by atoms with Crippen LogP contribution in [0.3, 0.4) is 0 Å². The van der Waals surface area contributed by atoms with Crippen molar-refractivity contribution in [3.05, 3.63) is 59.2 Å². The van der Waals surface area contributed by atoms with Gasteiger partial charge in [0.1, 0.15) is 11.5 Å². The molecule has 0 aliphatic carbocycles. The van der Waals surface area contributed by atoms with Crippen molar-refractivity contribution in [1.29, 1.82) is 0 Å². The standard InChI is InChI=1S/C17H20O3/c1-12-10-15(20-3)8-9-16(12)17(11-18)13-4-6-14(19-2)7-5-13/h4-10,17-18H,11H2,1-3H3. The van der Waals surface area contributed by atoms with E-state index >= 15 is 0 Å². The minimum absolute atomic E-state index is 0.0354. The summed E-state index contributed by atoms with van der Waals surface area (Å²) in [5, 5.41) is 9.75. The molecule has 3 heteroatoms. The summed E-state index contributed by atoms with van der Waals surface area (Å²) < 4.78 is 10.4. The number of rotatable bonds is 5. The second-order valence-electron chi connectivity index (χ2n) is 4.73. The summed E-state index contributed by atoms with van der Waals surface area (Å²) in [7, 11) is 3.30. The zero-order valence-electron chi connectivity index (χ0n) is 12.1. The van der Waals surface area contributed by atoms with E-state index in [0.29, 0.717) is 0 Å². The van der Waals surface area contributed by atoms with Gasteiger partial charge in [0, 0.05) is 5.92 Å². The van der Waals surface area contributed by atoms with E-state index in [0.717, 1.165) is 28.2 Å². The van der Waals surface area contributed by atoms with Gasteiger partial charge in [0.2, 0.25) is 0 Å². The first-order valence-corrected chi connectivity index (χ1v) is 6.59. The van der Waals surface area contributed by atoms with Gasteiger partial charge in [-0.1, -0.05) is 18.2 Å². The van der Waals surface area contributed by atoms with E-state index in [9.17, 15) is 5.11 Å². The molecule has 0 aromatic heterocycles. The van der Waals surface area contributed by atoms with E-state index in [-0.39, 0.29) is 12.5 Å². The Morgan fingerprint density at radius 1 is 0.950 bits per heavy atom. The number of aryl methyl sites for hydroxylation is 1. The Labute approximate surface area is 119 Å². The molecule has 0 radical (unpaired) electrons. The molecule has 0 spiro atoms. The fourth-order valence-corrected chi connectivity index (χ4v) is 2.39. The van der Waals surface area contributed by atoms with Gasteiger partial charge in [0.05, 0.1) is 20.8 Å². The minimum Gasteiger partial charge on any atom is -0.497 e. The molecule has 1 N–H and O–H groups in total. The Balaban J connectivity index is 2.35. The highest BCUT2D eigenvalue weighted by Gasteiger charge is 2.15. The molecule has 1 unspecified atom stereocenters. The van der Waals surface area contributed by atoms with Crippen molar-refractivity contribution in [2.24, 2.45) is 0 Å². The van der Waals surface area contributed by atoms with Crippen LogP contribution in [0.4, 0.5) is 0 Å². The first-order chi connectivity index (χ1) is 9.69. The normalized spacial score (nSPS) is 12.0. The zero-order chi connectivity index (χ0) is 14.5. The molecule has 2 aromatic carbocycles. The number of aliphatic hydroxyl groups is 1. The van der Waals surface area contributed by atoms with E-state index in [1.807, 2.05) is 49.4 Å².